The van der Waals surface area contributed by atoms with E-state index in [0.29, 0.717) is 42.4 Å². The number of methoxy groups -OCH3 is 1. The van der Waals surface area contributed by atoms with Gasteiger partial charge in [0.25, 0.3) is 0 Å². The third-order valence-electron chi connectivity index (χ3n) is 5.42. The van der Waals surface area contributed by atoms with Crippen molar-refractivity contribution < 1.29 is 14.3 Å². The number of carbonyl (C=O) groups is 1. The first-order chi connectivity index (χ1) is 14.2. The van der Waals surface area contributed by atoms with E-state index in [1.807, 2.05) is 11.0 Å². The van der Waals surface area contributed by atoms with Crippen LogP contribution in [0.25, 0.3) is 0 Å². The van der Waals surface area contributed by atoms with Crippen LogP contribution in [-0.4, -0.2) is 37.6 Å². The molecule has 0 bridgehead atoms. The Morgan fingerprint density at radius 2 is 1.90 bits per heavy atom. The molecule has 1 heterocycles. The molecule has 1 aliphatic rings. The number of benzene rings is 2. The van der Waals surface area contributed by atoms with Gasteiger partial charge in [0.15, 0.2) is 11.5 Å². The zero-order valence-electron chi connectivity index (χ0n) is 17.0. The summed E-state index contributed by atoms with van der Waals surface area (Å²) in [5, 5.41) is 8.95. The monoisotopic (exact) mass is 392 g/mol. The molecule has 29 heavy (non-hydrogen) atoms. The van der Waals surface area contributed by atoms with E-state index >= 15 is 0 Å². The number of nitrogens with zero attached hydrogens (tertiary/aromatic N) is 2. The number of ether oxygens (including phenoxy) is 2. The molecule has 1 aliphatic heterocycles. The Bertz CT molecular complexity index is 837. The normalized spacial score (nSPS) is 14.3. The molecule has 0 atom stereocenters. The fraction of sp³-hybridized carbons (Fsp3) is 0.417. The third kappa shape index (κ3) is 5.99. The van der Waals surface area contributed by atoms with E-state index in [-0.39, 0.29) is 5.91 Å². The molecule has 0 spiro atoms. The van der Waals surface area contributed by atoms with Gasteiger partial charge in [0.2, 0.25) is 5.91 Å². The second-order valence-corrected chi connectivity index (χ2v) is 7.44. The SMILES string of the molecule is COc1cc(C#N)ccc1OCCCC(=O)N1CCC(Cc2ccccc2)CC1. The van der Waals surface area contributed by atoms with Crippen molar-refractivity contribution in [2.24, 2.45) is 5.92 Å². The summed E-state index contributed by atoms with van der Waals surface area (Å²) in [6.45, 7) is 2.14. The summed E-state index contributed by atoms with van der Waals surface area (Å²) < 4.78 is 11.0. The quantitative estimate of drug-likeness (QED) is 0.632. The van der Waals surface area contributed by atoms with Crippen LogP contribution < -0.4 is 9.47 Å². The molecule has 0 aliphatic carbocycles. The maximum absolute atomic E-state index is 12.5. The minimum atomic E-state index is 0.207. The Labute approximate surface area is 172 Å². The number of nitriles is 1. The van der Waals surface area contributed by atoms with Gasteiger partial charge < -0.3 is 14.4 Å². The van der Waals surface area contributed by atoms with Gasteiger partial charge in [0.05, 0.1) is 25.3 Å². The smallest absolute Gasteiger partial charge is 0.222 e. The third-order valence-corrected chi connectivity index (χ3v) is 5.42. The lowest BCUT2D eigenvalue weighted by atomic mass is 9.90. The molecule has 0 N–H and O–H groups in total. The molecule has 5 heteroatoms. The van der Waals surface area contributed by atoms with Gasteiger partial charge in [-0.1, -0.05) is 30.3 Å². The van der Waals surface area contributed by atoms with Gasteiger partial charge in [-0.2, -0.15) is 5.26 Å². The zero-order valence-corrected chi connectivity index (χ0v) is 17.0. The number of piperidine rings is 1. The predicted octanol–water partition coefficient (Wildman–Crippen LogP) is 4.21. The second-order valence-electron chi connectivity index (χ2n) is 7.44. The Hall–Kier alpha value is -3.00. The van der Waals surface area contributed by atoms with Crippen LogP contribution in [0.2, 0.25) is 0 Å². The number of amides is 1. The van der Waals surface area contributed by atoms with Crippen molar-refractivity contribution in [2.75, 3.05) is 26.8 Å². The molecule has 1 saturated heterocycles. The second kappa shape index (κ2) is 10.5. The van der Waals surface area contributed by atoms with Crippen molar-refractivity contribution >= 4 is 5.91 Å². The van der Waals surface area contributed by atoms with E-state index in [9.17, 15) is 4.79 Å². The van der Waals surface area contributed by atoms with Crippen molar-refractivity contribution in [3.8, 4) is 17.6 Å². The predicted molar refractivity (Wildman–Crippen MR) is 112 cm³/mol. The summed E-state index contributed by atoms with van der Waals surface area (Å²) >= 11 is 0. The molecule has 2 aromatic rings. The molecule has 152 valence electrons. The highest BCUT2D eigenvalue weighted by atomic mass is 16.5. The summed E-state index contributed by atoms with van der Waals surface area (Å²) in [6, 6.07) is 17.7. The maximum atomic E-state index is 12.5. The first kappa shape index (κ1) is 20.7. The highest BCUT2D eigenvalue weighted by Gasteiger charge is 2.22. The van der Waals surface area contributed by atoms with Crippen molar-refractivity contribution in [2.45, 2.75) is 32.1 Å². The lowest BCUT2D eigenvalue weighted by Gasteiger charge is -2.32. The lowest BCUT2D eigenvalue weighted by molar-refractivity contribution is -0.132. The van der Waals surface area contributed by atoms with Crippen LogP contribution in [-0.2, 0) is 11.2 Å². The zero-order chi connectivity index (χ0) is 20.5. The average Bonchev–Trinajstić information content (AvgIpc) is 2.77. The van der Waals surface area contributed by atoms with Gasteiger partial charge in [0.1, 0.15) is 0 Å². The number of hydrogen-bond acceptors (Lipinski definition) is 4. The summed E-state index contributed by atoms with van der Waals surface area (Å²) in [7, 11) is 1.55. The summed E-state index contributed by atoms with van der Waals surface area (Å²) in [5.41, 5.74) is 1.91. The van der Waals surface area contributed by atoms with E-state index in [1.165, 1.54) is 5.56 Å². The van der Waals surface area contributed by atoms with E-state index in [2.05, 4.69) is 30.3 Å². The average molecular weight is 392 g/mol. The Morgan fingerprint density at radius 1 is 1.14 bits per heavy atom. The van der Waals surface area contributed by atoms with Crippen molar-refractivity contribution in [1.29, 1.82) is 5.26 Å². The highest BCUT2D eigenvalue weighted by molar-refractivity contribution is 5.76. The molecule has 5 nitrogen and oxygen atoms in total. The first-order valence-corrected chi connectivity index (χ1v) is 10.2. The maximum Gasteiger partial charge on any atom is 0.222 e. The standard InChI is InChI=1S/C24H28N2O3/c1-28-23-17-21(18-25)9-10-22(23)29-15-5-8-24(27)26-13-11-20(12-14-26)16-19-6-3-2-4-7-19/h2-4,6-7,9-10,17,20H,5,8,11-16H2,1H3. The van der Waals surface area contributed by atoms with Gasteiger partial charge in [-0.05, 0) is 49.3 Å². The molecule has 0 radical (unpaired) electrons. The largest absolute Gasteiger partial charge is 0.493 e. The molecular formula is C24H28N2O3. The van der Waals surface area contributed by atoms with Crippen LogP contribution in [0.4, 0.5) is 0 Å². The summed E-state index contributed by atoms with van der Waals surface area (Å²) in [5.74, 6) is 2.00. The van der Waals surface area contributed by atoms with Crippen molar-refractivity contribution in [3.05, 3.63) is 59.7 Å². The number of likely N-dealkylation sites (tertiary alicyclic amines) is 1. The topological polar surface area (TPSA) is 62.6 Å². The van der Waals surface area contributed by atoms with Gasteiger partial charge >= 0.3 is 0 Å². The summed E-state index contributed by atoms with van der Waals surface area (Å²) in [4.78, 5) is 14.5. The van der Waals surface area contributed by atoms with Crippen LogP contribution in [0.5, 0.6) is 11.5 Å². The van der Waals surface area contributed by atoms with E-state index < -0.39 is 0 Å². The fourth-order valence-corrected chi connectivity index (χ4v) is 3.75. The van der Waals surface area contributed by atoms with Crippen LogP contribution in [0.15, 0.2) is 48.5 Å². The minimum absolute atomic E-state index is 0.207. The highest BCUT2D eigenvalue weighted by Crippen LogP contribution is 2.28. The number of hydrogen-bond donors (Lipinski definition) is 0. The van der Waals surface area contributed by atoms with Crippen molar-refractivity contribution in [3.63, 3.8) is 0 Å². The van der Waals surface area contributed by atoms with Crippen LogP contribution >= 0.6 is 0 Å². The lowest BCUT2D eigenvalue weighted by Crippen LogP contribution is -2.38. The van der Waals surface area contributed by atoms with Gasteiger partial charge in [-0.15, -0.1) is 0 Å². The van der Waals surface area contributed by atoms with E-state index in [1.54, 1.807) is 25.3 Å². The Kier molecular flexibility index (Phi) is 7.52. The molecular weight excluding hydrogens is 364 g/mol. The molecule has 3 rings (SSSR count). The van der Waals surface area contributed by atoms with Gasteiger partial charge in [-0.25, -0.2) is 0 Å². The van der Waals surface area contributed by atoms with Crippen molar-refractivity contribution in [1.82, 2.24) is 4.90 Å². The summed E-state index contributed by atoms with van der Waals surface area (Å²) in [6.07, 6.45) is 4.39. The van der Waals surface area contributed by atoms with E-state index in [4.69, 9.17) is 14.7 Å². The Morgan fingerprint density at radius 3 is 2.59 bits per heavy atom. The molecule has 0 aromatic heterocycles. The molecule has 1 fully saturated rings. The molecule has 0 saturated carbocycles. The molecule has 1 amide bonds. The number of rotatable bonds is 8. The van der Waals surface area contributed by atoms with Crippen LogP contribution in [0, 0.1) is 17.2 Å². The van der Waals surface area contributed by atoms with Gasteiger partial charge in [-0.3, -0.25) is 4.79 Å². The van der Waals surface area contributed by atoms with Crippen LogP contribution in [0.3, 0.4) is 0 Å². The number of carbonyl (C=O) groups excluding carboxylic acids is 1. The van der Waals surface area contributed by atoms with Gasteiger partial charge in [0, 0.05) is 25.6 Å². The first-order valence-electron chi connectivity index (χ1n) is 10.2. The minimum Gasteiger partial charge on any atom is -0.493 e. The molecule has 0 unspecified atom stereocenters. The molecule has 2 aromatic carbocycles. The van der Waals surface area contributed by atoms with Crippen LogP contribution in [0.1, 0.15) is 36.8 Å². The fourth-order valence-electron chi connectivity index (χ4n) is 3.75. The Balaban J connectivity index is 1.37. The van der Waals surface area contributed by atoms with E-state index in [0.717, 1.165) is 32.4 Å².